The van der Waals surface area contributed by atoms with E-state index in [1.54, 1.807) is 0 Å². The molecule has 3 nitrogen and oxygen atoms in total. The highest BCUT2D eigenvalue weighted by molar-refractivity contribution is 5.21. The van der Waals surface area contributed by atoms with E-state index in [1.807, 2.05) is 12.4 Å². The van der Waals surface area contributed by atoms with Gasteiger partial charge in [-0.3, -0.25) is 9.88 Å². The van der Waals surface area contributed by atoms with Gasteiger partial charge in [0.2, 0.25) is 0 Å². The van der Waals surface area contributed by atoms with Gasteiger partial charge in [-0.05, 0) is 57.4 Å². The Labute approximate surface area is 117 Å². The summed E-state index contributed by atoms with van der Waals surface area (Å²) in [6.07, 6.45) is 7.91. The molecule has 0 amide bonds. The van der Waals surface area contributed by atoms with Crippen molar-refractivity contribution >= 4 is 0 Å². The van der Waals surface area contributed by atoms with Crippen LogP contribution in [0.5, 0.6) is 0 Å². The molecule has 1 unspecified atom stereocenters. The van der Waals surface area contributed by atoms with E-state index in [4.69, 9.17) is 0 Å². The number of pyridine rings is 1. The van der Waals surface area contributed by atoms with Crippen molar-refractivity contribution in [3.63, 3.8) is 0 Å². The monoisotopic (exact) mass is 261 g/mol. The third-order valence-electron chi connectivity index (χ3n) is 4.12. The van der Waals surface area contributed by atoms with E-state index in [1.165, 1.54) is 36.9 Å². The molecule has 1 aliphatic heterocycles. The number of piperidine rings is 1. The molecule has 1 aromatic rings. The molecular weight excluding hydrogens is 234 g/mol. The topological polar surface area (TPSA) is 28.2 Å². The van der Waals surface area contributed by atoms with Crippen molar-refractivity contribution < 1.29 is 0 Å². The SMILES string of the molecule is Cc1ccncc1CN(CC1CCCCN1)C(C)C. The van der Waals surface area contributed by atoms with Crippen molar-refractivity contribution in [3.05, 3.63) is 29.6 Å². The van der Waals surface area contributed by atoms with Gasteiger partial charge in [0.05, 0.1) is 0 Å². The van der Waals surface area contributed by atoms with Gasteiger partial charge in [0.1, 0.15) is 0 Å². The maximum Gasteiger partial charge on any atom is 0.0315 e. The van der Waals surface area contributed by atoms with Crippen LogP contribution < -0.4 is 5.32 Å². The van der Waals surface area contributed by atoms with Crippen LogP contribution in [0.2, 0.25) is 0 Å². The lowest BCUT2D eigenvalue weighted by molar-refractivity contribution is 0.176. The molecular formula is C16H27N3. The molecule has 0 bridgehead atoms. The molecule has 1 aromatic heterocycles. The van der Waals surface area contributed by atoms with E-state index in [9.17, 15) is 0 Å². The lowest BCUT2D eigenvalue weighted by atomic mass is 10.0. The van der Waals surface area contributed by atoms with Crippen LogP contribution in [0.3, 0.4) is 0 Å². The molecule has 0 spiro atoms. The molecule has 0 aromatic carbocycles. The molecule has 2 heterocycles. The third-order valence-corrected chi connectivity index (χ3v) is 4.12. The molecule has 3 heteroatoms. The molecule has 1 atom stereocenters. The second-order valence-electron chi connectivity index (χ2n) is 5.97. The summed E-state index contributed by atoms with van der Waals surface area (Å²) in [6, 6.07) is 3.34. The summed E-state index contributed by atoms with van der Waals surface area (Å²) in [7, 11) is 0. The molecule has 2 rings (SSSR count). The highest BCUT2D eigenvalue weighted by Gasteiger charge is 2.19. The predicted molar refractivity (Wildman–Crippen MR) is 80.2 cm³/mol. The van der Waals surface area contributed by atoms with Crippen molar-refractivity contribution in [1.82, 2.24) is 15.2 Å². The van der Waals surface area contributed by atoms with Gasteiger partial charge < -0.3 is 5.32 Å². The Balaban J connectivity index is 1.97. The zero-order valence-corrected chi connectivity index (χ0v) is 12.5. The summed E-state index contributed by atoms with van der Waals surface area (Å²) in [4.78, 5) is 6.82. The van der Waals surface area contributed by atoms with Crippen LogP contribution in [-0.4, -0.2) is 35.1 Å². The van der Waals surface area contributed by atoms with Crippen LogP contribution >= 0.6 is 0 Å². The maximum absolute atomic E-state index is 4.26. The average Bonchev–Trinajstić information content (AvgIpc) is 2.41. The lowest BCUT2D eigenvalue weighted by Gasteiger charge is -2.33. The number of hydrogen-bond donors (Lipinski definition) is 1. The normalized spacial score (nSPS) is 20.2. The Morgan fingerprint density at radius 2 is 2.26 bits per heavy atom. The van der Waals surface area contributed by atoms with Gasteiger partial charge in [-0.15, -0.1) is 0 Å². The molecule has 0 radical (unpaired) electrons. The fourth-order valence-corrected chi connectivity index (χ4v) is 2.70. The summed E-state index contributed by atoms with van der Waals surface area (Å²) >= 11 is 0. The van der Waals surface area contributed by atoms with Gasteiger partial charge >= 0.3 is 0 Å². The van der Waals surface area contributed by atoms with Gasteiger partial charge in [-0.2, -0.15) is 0 Å². The smallest absolute Gasteiger partial charge is 0.0315 e. The van der Waals surface area contributed by atoms with E-state index in [2.05, 4.69) is 42.0 Å². The van der Waals surface area contributed by atoms with Gasteiger partial charge in [0, 0.05) is 37.6 Å². The first-order valence-electron chi connectivity index (χ1n) is 7.53. The molecule has 1 saturated heterocycles. The van der Waals surface area contributed by atoms with E-state index in [0.29, 0.717) is 12.1 Å². The number of nitrogens with zero attached hydrogens (tertiary/aromatic N) is 2. The summed E-state index contributed by atoms with van der Waals surface area (Å²) in [5, 5.41) is 3.65. The van der Waals surface area contributed by atoms with Crippen LogP contribution in [0.25, 0.3) is 0 Å². The predicted octanol–water partition coefficient (Wildman–Crippen LogP) is 2.74. The van der Waals surface area contributed by atoms with Gasteiger partial charge in [-0.1, -0.05) is 6.42 Å². The highest BCUT2D eigenvalue weighted by Crippen LogP contribution is 2.15. The standard InChI is InChI=1S/C16H27N3/c1-13(2)19(12-16-6-4-5-8-18-16)11-15-10-17-9-7-14(15)3/h7,9-10,13,16,18H,4-6,8,11-12H2,1-3H3. The quantitative estimate of drug-likeness (QED) is 0.883. The molecule has 106 valence electrons. The van der Waals surface area contributed by atoms with E-state index < -0.39 is 0 Å². The zero-order chi connectivity index (χ0) is 13.7. The molecule has 19 heavy (non-hydrogen) atoms. The Hall–Kier alpha value is -0.930. The second kappa shape index (κ2) is 7.01. The largest absolute Gasteiger partial charge is 0.313 e. The maximum atomic E-state index is 4.26. The summed E-state index contributed by atoms with van der Waals surface area (Å²) in [5.41, 5.74) is 2.70. The first kappa shape index (κ1) is 14.5. The van der Waals surface area contributed by atoms with Crippen molar-refractivity contribution in [2.75, 3.05) is 13.1 Å². The van der Waals surface area contributed by atoms with Crippen LogP contribution in [-0.2, 0) is 6.54 Å². The Morgan fingerprint density at radius 1 is 1.42 bits per heavy atom. The molecule has 0 saturated carbocycles. The molecule has 1 N–H and O–H groups in total. The van der Waals surface area contributed by atoms with Crippen LogP contribution in [0.1, 0.15) is 44.2 Å². The highest BCUT2D eigenvalue weighted by atomic mass is 15.2. The first-order valence-corrected chi connectivity index (χ1v) is 7.53. The number of aromatic nitrogens is 1. The van der Waals surface area contributed by atoms with Crippen molar-refractivity contribution in [2.45, 2.75) is 58.7 Å². The summed E-state index contributed by atoms with van der Waals surface area (Å²) in [5.74, 6) is 0. The molecule has 1 aliphatic rings. The van der Waals surface area contributed by atoms with Crippen molar-refractivity contribution in [3.8, 4) is 0 Å². The average molecular weight is 261 g/mol. The first-order chi connectivity index (χ1) is 9.16. The van der Waals surface area contributed by atoms with Gasteiger partial charge in [-0.25, -0.2) is 0 Å². The summed E-state index contributed by atoms with van der Waals surface area (Å²) < 4.78 is 0. The van der Waals surface area contributed by atoms with Crippen LogP contribution in [0.4, 0.5) is 0 Å². The van der Waals surface area contributed by atoms with Gasteiger partial charge in [0.15, 0.2) is 0 Å². The lowest BCUT2D eigenvalue weighted by Crippen LogP contribution is -2.45. The Bertz CT molecular complexity index is 383. The van der Waals surface area contributed by atoms with E-state index in [-0.39, 0.29) is 0 Å². The van der Waals surface area contributed by atoms with Gasteiger partial charge in [0.25, 0.3) is 0 Å². The molecule has 1 fully saturated rings. The minimum Gasteiger partial charge on any atom is -0.313 e. The fourth-order valence-electron chi connectivity index (χ4n) is 2.70. The Kier molecular flexibility index (Phi) is 5.34. The van der Waals surface area contributed by atoms with E-state index in [0.717, 1.165) is 13.1 Å². The minimum atomic E-state index is 0.573. The Morgan fingerprint density at radius 3 is 2.89 bits per heavy atom. The van der Waals surface area contributed by atoms with Crippen LogP contribution in [0.15, 0.2) is 18.5 Å². The molecule has 0 aliphatic carbocycles. The second-order valence-corrected chi connectivity index (χ2v) is 5.97. The third kappa shape index (κ3) is 4.29. The number of nitrogens with one attached hydrogen (secondary N) is 1. The number of hydrogen-bond acceptors (Lipinski definition) is 3. The van der Waals surface area contributed by atoms with Crippen LogP contribution in [0, 0.1) is 6.92 Å². The number of rotatable bonds is 5. The fraction of sp³-hybridized carbons (Fsp3) is 0.688. The zero-order valence-electron chi connectivity index (χ0n) is 12.5. The number of aryl methyl sites for hydroxylation is 1. The van der Waals surface area contributed by atoms with Crippen molar-refractivity contribution in [2.24, 2.45) is 0 Å². The van der Waals surface area contributed by atoms with E-state index >= 15 is 0 Å². The summed E-state index contributed by atoms with van der Waals surface area (Å²) in [6.45, 7) is 10.1. The minimum absolute atomic E-state index is 0.573. The van der Waals surface area contributed by atoms with Crippen molar-refractivity contribution in [1.29, 1.82) is 0 Å².